The fourth-order valence-corrected chi connectivity index (χ4v) is 4.02. The van der Waals surface area contributed by atoms with Gasteiger partial charge in [0, 0.05) is 18.0 Å². The number of carbonyl (C=O) groups excluding carboxylic acids is 2. The zero-order chi connectivity index (χ0) is 16.1. The summed E-state index contributed by atoms with van der Waals surface area (Å²) in [5.41, 5.74) is 2.40. The molecule has 7 heteroatoms. The average molecular weight is 355 g/mol. The number of thioether (sulfide) groups is 2. The summed E-state index contributed by atoms with van der Waals surface area (Å²) in [4.78, 5) is 26.1. The Morgan fingerprint density at radius 3 is 2.86 bits per heavy atom. The van der Waals surface area contributed by atoms with Gasteiger partial charge in [0.15, 0.2) is 0 Å². The molecule has 1 aromatic carbocycles. The Labute approximate surface area is 144 Å². The highest BCUT2D eigenvalue weighted by molar-refractivity contribution is 8.23. The maximum atomic E-state index is 11.9. The van der Waals surface area contributed by atoms with Crippen molar-refractivity contribution in [2.45, 2.75) is 18.7 Å². The minimum atomic E-state index is -0.0322. The Kier molecular flexibility index (Phi) is 6.28. The standard InChI is InChI=1S/C15H18N2O2S3/c1-10-3-4-12(11(2)7-10)21-8-13(18)16-5-6-17-14(19)9-22-15(17)20/h3-4,7H,5-6,8-9H2,1-2H3,(H,16,18). The van der Waals surface area contributed by atoms with Crippen LogP contribution in [0, 0.1) is 13.8 Å². The first-order chi connectivity index (χ1) is 10.5. The summed E-state index contributed by atoms with van der Waals surface area (Å²) in [6, 6.07) is 6.20. The quantitative estimate of drug-likeness (QED) is 0.628. The molecule has 1 fully saturated rings. The third-order valence-corrected chi connectivity index (χ3v) is 5.80. The molecule has 1 saturated heterocycles. The normalized spacial score (nSPS) is 14.5. The molecular weight excluding hydrogens is 336 g/mol. The third-order valence-electron chi connectivity index (χ3n) is 3.19. The number of carbonyl (C=O) groups is 2. The van der Waals surface area contributed by atoms with E-state index in [9.17, 15) is 9.59 Å². The molecular formula is C15H18N2O2S3. The number of benzene rings is 1. The molecule has 1 heterocycles. The number of thiocarbonyl (C=S) groups is 1. The van der Waals surface area contributed by atoms with Crippen molar-refractivity contribution < 1.29 is 9.59 Å². The van der Waals surface area contributed by atoms with E-state index in [4.69, 9.17) is 12.2 Å². The first-order valence-corrected chi connectivity index (χ1v) is 9.29. The van der Waals surface area contributed by atoms with Crippen LogP contribution in [0.1, 0.15) is 11.1 Å². The highest BCUT2D eigenvalue weighted by Gasteiger charge is 2.25. The summed E-state index contributed by atoms with van der Waals surface area (Å²) in [7, 11) is 0. The Morgan fingerprint density at radius 2 is 2.23 bits per heavy atom. The maximum Gasteiger partial charge on any atom is 0.238 e. The van der Waals surface area contributed by atoms with Gasteiger partial charge in [0.25, 0.3) is 0 Å². The molecule has 4 nitrogen and oxygen atoms in total. The summed E-state index contributed by atoms with van der Waals surface area (Å²) >= 11 is 7.99. The van der Waals surface area contributed by atoms with Crippen molar-refractivity contribution in [1.29, 1.82) is 0 Å². The number of nitrogens with one attached hydrogen (secondary N) is 1. The van der Waals surface area contributed by atoms with Crippen molar-refractivity contribution in [2.24, 2.45) is 0 Å². The Morgan fingerprint density at radius 1 is 1.45 bits per heavy atom. The second-order valence-corrected chi connectivity index (χ2v) is 7.63. The molecule has 118 valence electrons. The van der Waals surface area contributed by atoms with Crippen molar-refractivity contribution in [3.63, 3.8) is 0 Å². The van der Waals surface area contributed by atoms with Gasteiger partial charge in [-0.15, -0.1) is 11.8 Å². The molecule has 2 rings (SSSR count). The predicted octanol–water partition coefficient (Wildman–Crippen LogP) is 2.37. The van der Waals surface area contributed by atoms with Gasteiger partial charge in [-0.25, -0.2) is 0 Å². The molecule has 1 aromatic rings. The van der Waals surface area contributed by atoms with E-state index in [-0.39, 0.29) is 11.8 Å². The topological polar surface area (TPSA) is 49.4 Å². The SMILES string of the molecule is Cc1ccc(SCC(=O)NCCN2C(=O)CSC2=S)c(C)c1. The number of hydrogen-bond acceptors (Lipinski definition) is 5. The summed E-state index contributed by atoms with van der Waals surface area (Å²) in [6.07, 6.45) is 0. The van der Waals surface area contributed by atoms with Gasteiger partial charge in [0.1, 0.15) is 4.32 Å². The fraction of sp³-hybridized carbons (Fsp3) is 0.400. The molecule has 0 atom stereocenters. The van der Waals surface area contributed by atoms with Crippen molar-refractivity contribution in [1.82, 2.24) is 10.2 Å². The van der Waals surface area contributed by atoms with Crippen LogP contribution in [0.25, 0.3) is 0 Å². The van der Waals surface area contributed by atoms with E-state index in [0.717, 1.165) is 4.90 Å². The van der Waals surface area contributed by atoms with Gasteiger partial charge in [-0.3, -0.25) is 14.5 Å². The zero-order valence-corrected chi connectivity index (χ0v) is 15.0. The van der Waals surface area contributed by atoms with Crippen LogP contribution in [0.2, 0.25) is 0 Å². The number of hydrogen-bond donors (Lipinski definition) is 1. The van der Waals surface area contributed by atoms with Gasteiger partial charge >= 0.3 is 0 Å². The van der Waals surface area contributed by atoms with E-state index in [2.05, 4.69) is 18.3 Å². The van der Waals surface area contributed by atoms with E-state index >= 15 is 0 Å². The summed E-state index contributed by atoms with van der Waals surface area (Å²) in [5, 5.41) is 2.83. The van der Waals surface area contributed by atoms with E-state index in [1.54, 1.807) is 4.90 Å². The molecule has 1 aliphatic rings. The van der Waals surface area contributed by atoms with Crippen LogP contribution in [-0.4, -0.2) is 45.6 Å². The molecule has 1 N–H and O–H groups in total. The van der Waals surface area contributed by atoms with E-state index < -0.39 is 0 Å². The molecule has 1 aliphatic heterocycles. The smallest absolute Gasteiger partial charge is 0.238 e. The minimum absolute atomic E-state index is 0.0221. The molecule has 0 saturated carbocycles. The van der Waals surface area contributed by atoms with E-state index in [1.807, 2.05) is 19.1 Å². The average Bonchev–Trinajstić information content (AvgIpc) is 2.78. The van der Waals surface area contributed by atoms with Gasteiger partial charge in [0.05, 0.1) is 11.5 Å². The van der Waals surface area contributed by atoms with Crippen LogP contribution in [0.4, 0.5) is 0 Å². The highest BCUT2D eigenvalue weighted by Crippen LogP contribution is 2.23. The molecule has 0 bridgehead atoms. The minimum Gasteiger partial charge on any atom is -0.354 e. The van der Waals surface area contributed by atoms with Crippen LogP contribution in [0.3, 0.4) is 0 Å². The Balaban J connectivity index is 1.72. The van der Waals surface area contributed by atoms with Gasteiger partial charge in [-0.1, -0.05) is 41.7 Å². The van der Waals surface area contributed by atoms with Gasteiger partial charge < -0.3 is 5.32 Å². The van der Waals surface area contributed by atoms with Crippen LogP contribution < -0.4 is 5.32 Å². The van der Waals surface area contributed by atoms with Gasteiger partial charge in [-0.2, -0.15) is 0 Å². The van der Waals surface area contributed by atoms with Crippen LogP contribution >= 0.6 is 35.7 Å². The predicted molar refractivity (Wildman–Crippen MR) is 96.4 cm³/mol. The second kappa shape index (κ2) is 7.99. The van der Waals surface area contributed by atoms with E-state index in [0.29, 0.717) is 28.9 Å². The zero-order valence-electron chi connectivity index (χ0n) is 12.5. The molecule has 0 aliphatic carbocycles. The molecule has 2 amide bonds. The van der Waals surface area contributed by atoms with Crippen LogP contribution in [0.5, 0.6) is 0 Å². The van der Waals surface area contributed by atoms with Crippen molar-refractivity contribution in [2.75, 3.05) is 24.6 Å². The molecule has 0 unspecified atom stereocenters. The number of nitrogens with zero attached hydrogens (tertiary/aromatic N) is 1. The lowest BCUT2D eigenvalue weighted by atomic mass is 10.2. The maximum absolute atomic E-state index is 11.9. The van der Waals surface area contributed by atoms with Gasteiger partial charge in [-0.05, 0) is 25.5 Å². The first-order valence-electron chi connectivity index (χ1n) is 6.91. The Bertz CT molecular complexity index is 588. The fourth-order valence-electron chi connectivity index (χ4n) is 2.06. The van der Waals surface area contributed by atoms with Crippen molar-refractivity contribution in [3.8, 4) is 0 Å². The van der Waals surface area contributed by atoms with Gasteiger partial charge in [0.2, 0.25) is 11.8 Å². The van der Waals surface area contributed by atoms with Crippen molar-refractivity contribution >= 4 is 51.9 Å². The Hall–Kier alpha value is -1.05. The first kappa shape index (κ1) is 17.3. The molecule has 22 heavy (non-hydrogen) atoms. The lowest BCUT2D eigenvalue weighted by Crippen LogP contribution is -2.37. The highest BCUT2D eigenvalue weighted by atomic mass is 32.2. The summed E-state index contributed by atoms with van der Waals surface area (Å²) in [6.45, 7) is 4.98. The number of aryl methyl sites for hydroxylation is 2. The third kappa shape index (κ3) is 4.72. The largest absolute Gasteiger partial charge is 0.354 e. The number of amides is 2. The summed E-state index contributed by atoms with van der Waals surface area (Å²) in [5.74, 6) is 0.774. The van der Waals surface area contributed by atoms with Crippen LogP contribution in [0.15, 0.2) is 23.1 Å². The molecule has 0 spiro atoms. The molecule has 0 radical (unpaired) electrons. The lowest BCUT2D eigenvalue weighted by Gasteiger charge is -2.15. The summed E-state index contributed by atoms with van der Waals surface area (Å²) < 4.78 is 0.601. The van der Waals surface area contributed by atoms with E-state index in [1.165, 1.54) is 34.7 Å². The van der Waals surface area contributed by atoms with Crippen LogP contribution in [-0.2, 0) is 9.59 Å². The lowest BCUT2D eigenvalue weighted by molar-refractivity contribution is -0.124. The second-order valence-electron chi connectivity index (χ2n) is 5.01. The number of rotatable bonds is 6. The molecule has 0 aromatic heterocycles. The monoisotopic (exact) mass is 354 g/mol. The van der Waals surface area contributed by atoms with Crippen molar-refractivity contribution in [3.05, 3.63) is 29.3 Å².